The van der Waals surface area contributed by atoms with E-state index in [-0.39, 0.29) is 28.3 Å². The van der Waals surface area contributed by atoms with E-state index in [1.54, 1.807) is 19.1 Å². The summed E-state index contributed by atoms with van der Waals surface area (Å²) in [5.41, 5.74) is 1.17. The maximum atomic E-state index is 13.3. The number of Topliss-reactive ketones (excluding diaryl/α,β-unsaturated/α-hetero) is 1. The van der Waals surface area contributed by atoms with Crippen LogP contribution in [0.4, 0.5) is 4.39 Å². The van der Waals surface area contributed by atoms with Gasteiger partial charge in [0.25, 0.3) is 0 Å². The molecule has 25 heavy (non-hydrogen) atoms. The van der Waals surface area contributed by atoms with Gasteiger partial charge in [0.15, 0.2) is 5.78 Å². The third-order valence-electron chi connectivity index (χ3n) is 3.96. The maximum Gasteiger partial charge on any atom is 0.250 e. The van der Waals surface area contributed by atoms with Crippen molar-refractivity contribution in [3.8, 4) is 0 Å². The van der Waals surface area contributed by atoms with E-state index < -0.39 is 10.0 Å². The predicted octanol–water partition coefficient (Wildman–Crippen LogP) is 2.69. The Labute approximate surface area is 149 Å². The Morgan fingerprint density at radius 2 is 2.16 bits per heavy atom. The Hall–Kier alpha value is -1.61. The summed E-state index contributed by atoms with van der Waals surface area (Å²) in [4.78, 5) is 12.7. The summed E-state index contributed by atoms with van der Waals surface area (Å²) in [6, 6.07) is 7.24. The number of hydrogen-bond donors (Lipinski definition) is 1. The largest absolute Gasteiger partial charge is 0.380 e. The molecule has 0 amide bonds. The van der Waals surface area contributed by atoms with E-state index in [2.05, 4.69) is 4.72 Å². The van der Waals surface area contributed by atoms with Gasteiger partial charge in [-0.1, -0.05) is 12.1 Å². The smallest absolute Gasteiger partial charge is 0.250 e. The van der Waals surface area contributed by atoms with Gasteiger partial charge in [-0.05, 0) is 42.7 Å². The zero-order chi connectivity index (χ0) is 18.0. The second-order valence-corrected chi connectivity index (χ2v) is 9.01. The van der Waals surface area contributed by atoms with Crippen LogP contribution in [0.1, 0.15) is 27.2 Å². The van der Waals surface area contributed by atoms with E-state index in [0.29, 0.717) is 35.6 Å². The molecule has 2 heterocycles. The molecular formula is C17H18FNO4S2. The first-order valence-electron chi connectivity index (χ1n) is 7.83. The van der Waals surface area contributed by atoms with Crippen LogP contribution in [0.2, 0.25) is 0 Å². The normalized spacial score (nSPS) is 17.8. The highest BCUT2D eigenvalue weighted by molar-refractivity contribution is 7.91. The van der Waals surface area contributed by atoms with Crippen LogP contribution in [-0.2, 0) is 21.2 Å². The number of ketones is 1. The number of carbonyl (C=O) groups excluding carboxylic acids is 1. The van der Waals surface area contributed by atoms with Crippen molar-refractivity contribution < 1.29 is 22.3 Å². The Balaban J connectivity index is 1.71. The number of nitrogens with one attached hydrogen (secondary N) is 1. The van der Waals surface area contributed by atoms with Crippen molar-refractivity contribution in [3.05, 3.63) is 52.2 Å². The number of carbonyl (C=O) groups is 1. The summed E-state index contributed by atoms with van der Waals surface area (Å²) in [7, 11) is -3.65. The van der Waals surface area contributed by atoms with Crippen molar-refractivity contribution in [3.63, 3.8) is 0 Å². The van der Waals surface area contributed by atoms with Crippen LogP contribution in [0, 0.1) is 12.7 Å². The fourth-order valence-corrected chi connectivity index (χ4v) is 5.12. The van der Waals surface area contributed by atoms with Crippen LogP contribution in [-0.4, -0.2) is 33.5 Å². The standard InChI is InChI=1S/C17H18FNO4S2/c1-11-8-12(2-3-14(11)18)9-15(20)16-4-5-17(24-16)25(21,22)19-13-6-7-23-10-13/h2-5,8,13,19H,6-7,9-10H2,1H3/t13-/m0/s1. The summed E-state index contributed by atoms with van der Waals surface area (Å²) in [5, 5.41) is 0. The van der Waals surface area contributed by atoms with Crippen LogP contribution in [0.5, 0.6) is 0 Å². The van der Waals surface area contributed by atoms with Gasteiger partial charge in [-0.25, -0.2) is 17.5 Å². The van der Waals surface area contributed by atoms with Crippen molar-refractivity contribution >= 4 is 27.1 Å². The van der Waals surface area contributed by atoms with Gasteiger partial charge in [0.1, 0.15) is 10.0 Å². The molecule has 1 N–H and O–H groups in total. The third-order valence-corrected chi connectivity index (χ3v) is 7.10. The number of thiophene rings is 1. The Kier molecular flexibility index (Phi) is 5.33. The lowest BCUT2D eigenvalue weighted by Gasteiger charge is -2.09. The second-order valence-electron chi connectivity index (χ2n) is 5.98. The molecule has 1 aromatic carbocycles. The summed E-state index contributed by atoms with van der Waals surface area (Å²) in [5.74, 6) is -0.510. The second kappa shape index (κ2) is 7.33. The quantitative estimate of drug-likeness (QED) is 0.779. The Morgan fingerprint density at radius 3 is 2.84 bits per heavy atom. The predicted molar refractivity (Wildman–Crippen MR) is 93.0 cm³/mol. The summed E-state index contributed by atoms with van der Waals surface area (Å²) in [6.45, 7) is 2.54. The molecule has 2 aromatic rings. The van der Waals surface area contributed by atoms with Gasteiger partial charge in [-0.2, -0.15) is 0 Å². The zero-order valence-electron chi connectivity index (χ0n) is 13.6. The molecule has 1 saturated heterocycles. The Bertz CT molecular complexity index is 886. The van der Waals surface area contributed by atoms with Crippen molar-refractivity contribution in [1.29, 1.82) is 0 Å². The summed E-state index contributed by atoms with van der Waals surface area (Å²) >= 11 is 0.943. The van der Waals surface area contributed by atoms with Gasteiger partial charge in [0.2, 0.25) is 10.0 Å². The van der Waals surface area contributed by atoms with Crippen molar-refractivity contribution in [2.75, 3.05) is 13.2 Å². The van der Waals surface area contributed by atoms with Gasteiger partial charge < -0.3 is 4.74 Å². The molecule has 1 atom stereocenters. The molecule has 0 unspecified atom stereocenters. The lowest BCUT2D eigenvalue weighted by Crippen LogP contribution is -2.34. The fraction of sp³-hybridized carbons (Fsp3) is 0.353. The van der Waals surface area contributed by atoms with Crippen LogP contribution in [0.15, 0.2) is 34.5 Å². The topological polar surface area (TPSA) is 72.5 Å². The van der Waals surface area contributed by atoms with Gasteiger partial charge in [0.05, 0.1) is 11.5 Å². The maximum absolute atomic E-state index is 13.3. The van der Waals surface area contributed by atoms with Gasteiger partial charge in [0, 0.05) is 19.1 Å². The van der Waals surface area contributed by atoms with E-state index in [0.717, 1.165) is 11.3 Å². The fourth-order valence-electron chi connectivity index (χ4n) is 2.61. The number of aryl methyl sites for hydroxylation is 1. The first-order valence-corrected chi connectivity index (χ1v) is 10.1. The first kappa shape index (κ1) is 18.2. The highest BCUT2D eigenvalue weighted by Gasteiger charge is 2.25. The SMILES string of the molecule is Cc1cc(CC(=O)c2ccc(S(=O)(=O)N[C@H]3CCOC3)s2)ccc1F. The van der Waals surface area contributed by atoms with Crippen molar-refractivity contribution in [2.24, 2.45) is 0 Å². The van der Waals surface area contributed by atoms with Crippen molar-refractivity contribution in [1.82, 2.24) is 4.72 Å². The molecule has 0 spiro atoms. The number of ether oxygens (including phenoxy) is 1. The minimum absolute atomic E-state index is 0.102. The van der Waals surface area contributed by atoms with Gasteiger partial charge in [-0.3, -0.25) is 4.79 Å². The van der Waals surface area contributed by atoms with Crippen LogP contribution >= 0.6 is 11.3 Å². The molecule has 5 nitrogen and oxygen atoms in total. The van der Waals surface area contributed by atoms with Crippen LogP contribution in [0.25, 0.3) is 0 Å². The molecule has 0 saturated carbocycles. The number of sulfonamides is 1. The zero-order valence-corrected chi connectivity index (χ0v) is 15.3. The molecule has 1 aliphatic heterocycles. The van der Waals surface area contributed by atoms with E-state index in [4.69, 9.17) is 4.74 Å². The lowest BCUT2D eigenvalue weighted by molar-refractivity contribution is 0.0997. The van der Waals surface area contributed by atoms with E-state index in [1.165, 1.54) is 18.2 Å². The first-order chi connectivity index (χ1) is 11.8. The molecule has 0 aliphatic carbocycles. The third kappa shape index (κ3) is 4.33. The van der Waals surface area contributed by atoms with Crippen LogP contribution in [0.3, 0.4) is 0 Å². The monoisotopic (exact) mass is 383 g/mol. The minimum atomic E-state index is -3.65. The number of benzene rings is 1. The van der Waals surface area contributed by atoms with Gasteiger partial charge >= 0.3 is 0 Å². The highest BCUT2D eigenvalue weighted by Crippen LogP contribution is 2.24. The molecule has 1 fully saturated rings. The minimum Gasteiger partial charge on any atom is -0.380 e. The van der Waals surface area contributed by atoms with Crippen molar-refractivity contribution in [2.45, 2.75) is 30.0 Å². The van der Waals surface area contributed by atoms with E-state index >= 15 is 0 Å². The van der Waals surface area contributed by atoms with E-state index in [9.17, 15) is 17.6 Å². The van der Waals surface area contributed by atoms with Crippen LogP contribution < -0.4 is 4.72 Å². The average molecular weight is 383 g/mol. The number of rotatable bonds is 6. The molecular weight excluding hydrogens is 365 g/mol. The summed E-state index contributed by atoms with van der Waals surface area (Å²) in [6.07, 6.45) is 0.741. The Morgan fingerprint density at radius 1 is 1.36 bits per heavy atom. The molecule has 1 aromatic heterocycles. The number of halogens is 1. The molecule has 3 rings (SSSR count). The molecule has 0 radical (unpaired) electrons. The lowest BCUT2D eigenvalue weighted by atomic mass is 10.1. The highest BCUT2D eigenvalue weighted by atomic mass is 32.2. The average Bonchev–Trinajstić information content (AvgIpc) is 3.22. The number of hydrogen-bond acceptors (Lipinski definition) is 5. The molecule has 8 heteroatoms. The molecule has 134 valence electrons. The summed E-state index contributed by atoms with van der Waals surface area (Å²) < 4.78 is 45.9. The molecule has 0 bridgehead atoms. The molecule has 1 aliphatic rings. The van der Waals surface area contributed by atoms with Gasteiger partial charge in [-0.15, -0.1) is 11.3 Å². The van der Waals surface area contributed by atoms with E-state index in [1.807, 2.05) is 0 Å².